The van der Waals surface area contributed by atoms with Crippen molar-refractivity contribution in [2.24, 2.45) is 0 Å². The number of rotatable bonds is 5. The van der Waals surface area contributed by atoms with Crippen LogP contribution in [0.4, 0.5) is 5.69 Å². The molecule has 0 bridgehead atoms. The van der Waals surface area contributed by atoms with Gasteiger partial charge in [-0.3, -0.25) is 14.2 Å². The van der Waals surface area contributed by atoms with E-state index in [0.717, 1.165) is 10.4 Å². The molecule has 148 valence electrons. The minimum absolute atomic E-state index is 0.139. The van der Waals surface area contributed by atoms with Crippen LogP contribution in [0.15, 0.2) is 23.0 Å². The summed E-state index contributed by atoms with van der Waals surface area (Å²) < 4.78 is 1.44. The van der Waals surface area contributed by atoms with Crippen molar-refractivity contribution in [1.29, 1.82) is 0 Å². The molecule has 0 unspecified atom stereocenters. The Balaban J connectivity index is 1.98. The molecule has 0 spiro atoms. The van der Waals surface area contributed by atoms with Crippen LogP contribution in [-0.2, 0) is 17.9 Å². The van der Waals surface area contributed by atoms with Gasteiger partial charge in [-0.2, -0.15) is 0 Å². The summed E-state index contributed by atoms with van der Waals surface area (Å²) in [7, 11) is 3.78. The fourth-order valence-electron chi connectivity index (χ4n) is 2.85. The number of benzene rings is 1. The van der Waals surface area contributed by atoms with Crippen molar-refractivity contribution in [3.8, 4) is 0 Å². The van der Waals surface area contributed by atoms with Gasteiger partial charge >= 0.3 is 0 Å². The topological polar surface area (TPSA) is 67.2 Å². The second-order valence-electron chi connectivity index (χ2n) is 6.80. The summed E-state index contributed by atoms with van der Waals surface area (Å²) in [6.07, 6.45) is 0. The molecule has 6 nitrogen and oxygen atoms in total. The predicted octanol–water partition coefficient (Wildman–Crippen LogP) is 4.08. The number of fused-ring (bicyclic) bond motifs is 1. The molecule has 0 saturated carbocycles. The molecule has 28 heavy (non-hydrogen) atoms. The molecule has 0 atom stereocenters. The Bertz CT molecular complexity index is 1120. The van der Waals surface area contributed by atoms with Crippen LogP contribution in [0.2, 0.25) is 10.0 Å². The van der Waals surface area contributed by atoms with E-state index >= 15 is 0 Å². The zero-order valence-corrected chi connectivity index (χ0v) is 18.3. The lowest BCUT2D eigenvalue weighted by Gasteiger charge is -2.16. The molecule has 1 amide bonds. The third-order valence-electron chi connectivity index (χ3n) is 4.33. The third-order valence-corrected chi connectivity index (χ3v) is 6.17. The van der Waals surface area contributed by atoms with Gasteiger partial charge in [-0.1, -0.05) is 23.2 Å². The van der Waals surface area contributed by atoms with Crippen molar-refractivity contribution < 1.29 is 4.79 Å². The molecular weight excluding hydrogens is 419 g/mol. The molecule has 0 fully saturated rings. The Kier molecular flexibility index (Phi) is 6.09. The highest BCUT2D eigenvalue weighted by Gasteiger charge is 2.18. The van der Waals surface area contributed by atoms with Gasteiger partial charge < -0.3 is 10.2 Å². The zero-order valence-electron chi connectivity index (χ0n) is 16.0. The van der Waals surface area contributed by atoms with Crippen molar-refractivity contribution >= 4 is 56.3 Å². The van der Waals surface area contributed by atoms with Crippen LogP contribution in [0.1, 0.15) is 16.3 Å². The number of nitrogens with zero attached hydrogens (tertiary/aromatic N) is 3. The Hall–Kier alpha value is -1.93. The summed E-state index contributed by atoms with van der Waals surface area (Å²) in [6.45, 7) is 4.18. The van der Waals surface area contributed by atoms with Gasteiger partial charge in [0.2, 0.25) is 5.91 Å². The zero-order chi connectivity index (χ0) is 20.6. The van der Waals surface area contributed by atoms with Crippen LogP contribution in [-0.4, -0.2) is 34.5 Å². The van der Waals surface area contributed by atoms with Crippen LogP contribution in [0.5, 0.6) is 0 Å². The number of hydrogen-bond acceptors (Lipinski definition) is 5. The van der Waals surface area contributed by atoms with Gasteiger partial charge in [-0.15, -0.1) is 11.3 Å². The maximum absolute atomic E-state index is 13.1. The number of carbonyl (C=O) groups excluding carboxylic acids is 1. The second-order valence-corrected chi connectivity index (χ2v) is 8.82. The van der Waals surface area contributed by atoms with Gasteiger partial charge in [0.1, 0.15) is 17.2 Å². The molecule has 0 aliphatic heterocycles. The van der Waals surface area contributed by atoms with Crippen LogP contribution in [0, 0.1) is 13.8 Å². The van der Waals surface area contributed by atoms with E-state index in [1.54, 1.807) is 18.2 Å². The SMILES string of the molecule is Cc1sc2nc(CN(C)C)n(CC(=O)Nc3ccc(Cl)c(Cl)c3)c(=O)c2c1C. The summed E-state index contributed by atoms with van der Waals surface area (Å²) in [5, 5.41) is 4.08. The Morgan fingerprint density at radius 2 is 1.96 bits per heavy atom. The second kappa shape index (κ2) is 8.21. The van der Waals surface area contributed by atoms with Crippen LogP contribution < -0.4 is 10.9 Å². The van der Waals surface area contributed by atoms with E-state index in [-0.39, 0.29) is 18.0 Å². The van der Waals surface area contributed by atoms with Crippen LogP contribution in [0.3, 0.4) is 0 Å². The molecule has 2 aromatic heterocycles. The highest BCUT2D eigenvalue weighted by molar-refractivity contribution is 7.18. The smallest absolute Gasteiger partial charge is 0.263 e. The minimum atomic E-state index is -0.341. The summed E-state index contributed by atoms with van der Waals surface area (Å²) in [5.41, 5.74) is 1.22. The molecule has 3 rings (SSSR count). The molecular formula is C19H20Cl2N4O2S. The van der Waals surface area contributed by atoms with E-state index in [9.17, 15) is 9.59 Å². The van der Waals surface area contributed by atoms with Crippen molar-refractivity contribution in [2.75, 3.05) is 19.4 Å². The Labute approximate surface area is 176 Å². The first-order chi connectivity index (χ1) is 13.2. The van der Waals surface area contributed by atoms with Crippen molar-refractivity contribution in [3.05, 3.63) is 54.9 Å². The lowest BCUT2D eigenvalue weighted by atomic mass is 10.2. The molecule has 1 aromatic carbocycles. The lowest BCUT2D eigenvalue weighted by Crippen LogP contribution is -2.32. The number of aromatic nitrogens is 2. The van der Waals surface area contributed by atoms with E-state index in [2.05, 4.69) is 10.3 Å². The Morgan fingerprint density at radius 1 is 1.25 bits per heavy atom. The first kappa shape index (κ1) is 20.8. The molecule has 0 radical (unpaired) electrons. The van der Waals surface area contributed by atoms with Gasteiger partial charge in [0.15, 0.2) is 0 Å². The Morgan fingerprint density at radius 3 is 2.61 bits per heavy atom. The molecule has 1 N–H and O–H groups in total. The average molecular weight is 439 g/mol. The van der Waals surface area contributed by atoms with Gasteiger partial charge in [0, 0.05) is 10.6 Å². The van der Waals surface area contributed by atoms with Crippen molar-refractivity contribution in [2.45, 2.75) is 26.9 Å². The highest BCUT2D eigenvalue weighted by Crippen LogP contribution is 2.27. The fourth-order valence-corrected chi connectivity index (χ4v) is 4.19. The van der Waals surface area contributed by atoms with E-state index in [4.69, 9.17) is 23.2 Å². The van der Waals surface area contributed by atoms with E-state index < -0.39 is 0 Å². The normalized spacial score (nSPS) is 11.4. The van der Waals surface area contributed by atoms with Crippen LogP contribution in [0.25, 0.3) is 10.2 Å². The largest absolute Gasteiger partial charge is 0.324 e. The van der Waals surface area contributed by atoms with Gasteiger partial charge in [0.05, 0.1) is 22.0 Å². The quantitative estimate of drug-likeness (QED) is 0.651. The van der Waals surface area contributed by atoms with Gasteiger partial charge in [-0.25, -0.2) is 4.98 Å². The summed E-state index contributed by atoms with van der Waals surface area (Å²) >= 11 is 13.4. The monoisotopic (exact) mass is 438 g/mol. The summed E-state index contributed by atoms with van der Waals surface area (Å²) in [4.78, 5) is 34.1. The fraction of sp³-hybridized carbons (Fsp3) is 0.316. The number of anilines is 1. The maximum Gasteiger partial charge on any atom is 0.263 e. The average Bonchev–Trinajstić information content (AvgIpc) is 2.88. The van der Waals surface area contributed by atoms with E-state index in [1.165, 1.54) is 15.9 Å². The molecule has 0 saturated heterocycles. The number of hydrogen-bond donors (Lipinski definition) is 1. The number of aryl methyl sites for hydroxylation is 2. The first-order valence-electron chi connectivity index (χ1n) is 8.56. The first-order valence-corrected chi connectivity index (χ1v) is 10.1. The number of nitrogens with one attached hydrogen (secondary N) is 1. The standard InChI is InChI=1S/C19H20Cl2N4O2S/c1-10-11(2)28-18-17(10)19(27)25(15(23-18)8-24(3)4)9-16(26)22-12-5-6-13(20)14(21)7-12/h5-7H,8-9H2,1-4H3,(H,22,26). The highest BCUT2D eigenvalue weighted by atomic mass is 35.5. The van der Waals surface area contributed by atoms with Crippen LogP contribution >= 0.6 is 34.5 Å². The summed E-state index contributed by atoms with van der Waals surface area (Å²) in [5.74, 6) is 0.208. The maximum atomic E-state index is 13.1. The van der Waals surface area contributed by atoms with Gasteiger partial charge in [-0.05, 0) is 51.7 Å². The number of amides is 1. The number of carbonyl (C=O) groups is 1. The van der Waals surface area contributed by atoms with Crippen molar-refractivity contribution in [3.63, 3.8) is 0 Å². The molecule has 0 aliphatic carbocycles. The lowest BCUT2D eigenvalue weighted by molar-refractivity contribution is -0.116. The number of halogens is 2. The molecule has 0 aliphatic rings. The van der Waals surface area contributed by atoms with E-state index in [0.29, 0.717) is 38.3 Å². The van der Waals surface area contributed by atoms with Crippen molar-refractivity contribution in [1.82, 2.24) is 14.5 Å². The molecule has 3 aromatic rings. The molecule has 9 heteroatoms. The minimum Gasteiger partial charge on any atom is -0.324 e. The third kappa shape index (κ3) is 4.22. The predicted molar refractivity (Wildman–Crippen MR) is 116 cm³/mol. The van der Waals surface area contributed by atoms with Gasteiger partial charge in [0.25, 0.3) is 5.56 Å². The summed E-state index contributed by atoms with van der Waals surface area (Å²) in [6, 6.07) is 4.83. The number of thiophene rings is 1. The van der Waals surface area contributed by atoms with E-state index in [1.807, 2.05) is 32.8 Å². The molecule has 2 heterocycles.